The van der Waals surface area contributed by atoms with E-state index in [4.69, 9.17) is 0 Å². The van der Waals surface area contributed by atoms with Gasteiger partial charge in [0.15, 0.2) is 0 Å². The molecule has 94 valence electrons. The van der Waals surface area contributed by atoms with Gasteiger partial charge in [0.05, 0.1) is 6.04 Å². The monoisotopic (exact) mass is 253 g/mol. The Morgan fingerprint density at radius 2 is 2.29 bits per heavy atom. The number of rotatable bonds is 3. The van der Waals surface area contributed by atoms with Gasteiger partial charge in [-0.2, -0.15) is 0 Å². The molecule has 0 spiro atoms. The first-order valence-electron chi connectivity index (χ1n) is 6.03. The van der Waals surface area contributed by atoms with Gasteiger partial charge in [-0.1, -0.05) is 6.92 Å². The van der Waals surface area contributed by atoms with Crippen molar-refractivity contribution in [3.05, 3.63) is 16.6 Å². The number of hydrogen-bond acceptors (Lipinski definition) is 4. The number of aromatic nitrogens is 1. The number of nitrogens with one attached hydrogen (secondary N) is 2. The SMILES string of the molecule is CC(NC(=O)C1(C)CCNCC1)c1nccs1. The molecule has 1 aromatic heterocycles. The Kier molecular flexibility index (Phi) is 3.79. The van der Waals surface area contributed by atoms with Crippen molar-refractivity contribution in [3.63, 3.8) is 0 Å². The maximum atomic E-state index is 12.3. The molecule has 2 rings (SSSR count). The van der Waals surface area contributed by atoms with Gasteiger partial charge in [-0.05, 0) is 32.9 Å². The smallest absolute Gasteiger partial charge is 0.226 e. The summed E-state index contributed by atoms with van der Waals surface area (Å²) in [7, 11) is 0. The lowest BCUT2D eigenvalue weighted by Crippen LogP contribution is -2.46. The summed E-state index contributed by atoms with van der Waals surface area (Å²) in [5.74, 6) is 0.154. The van der Waals surface area contributed by atoms with E-state index in [0.717, 1.165) is 30.9 Å². The number of thiazole rings is 1. The van der Waals surface area contributed by atoms with Crippen LogP contribution in [0, 0.1) is 5.41 Å². The van der Waals surface area contributed by atoms with E-state index in [1.54, 1.807) is 17.5 Å². The topological polar surface area (TPSA) is 54.0 Å². The van der Waals surface area contributed by atoms with Crippen molar-refractivity contribution in [3.8, 4) is 0 Å². The minimum atomic E-state index is -0.225. The third kappa shape index (κ3) is 2.84. The van der Waals surface area contributed by atoms with Crippen LogP contribution >= 0.6 is 11.3 Å². The van der Waals surface area contributed by atoms with Gasteiger partial charge in [0.2, 0.25) is 5.91 Å². The first kappa shape index (κ1) is 12.5. The van der Waals surface area contributed by atoms with E-state index in [0.29, 0.717) is 0 Å². The van der Waals surface area contributed by atoms with E-state index < -0.39 is 0 Å². The van der Waals surface area contributed by atoms with Gasteiger partial charge in [-0.25, -0.2) is 4.98 Å². The number of amides is 1. The minimum Gasteiger partial charge on any atom is -0.347 e. The third-order valence-corrected chi connectivity index (χ3v) is 4.38. The van der Waals surface area contributed by atoms with Crippen LogP contribution in [0.1, 0.15) is 37.7 Å². The standard InChI is InChI=1S/C12H19N3OS/c1-9(10-14-7-8-17-10)15-11(16)12(2)3-5-13-6-4-12/h7-9,13H,3-6H2,1-2H3,(H,15,16). The van der Waals surface area contributed by atoms with Crippen molar-refractivity contribution < 1.29 is 4.79 Å². The van der Waals surface area contributed by atoms with E-state index in [9.17, 15) is 4.79 Å². The minimum absolute atomic E-state index is 0.00853. The Bertz CT molecular complexity index is 371. The van der Waals surface area contributed by atoms with Crippen molar-refractivity contribution in [1.29, 1.82) is 0 Å². The van der Waals surface area contributed by atoms with Crippen LogP contribution in [0.15, 0.2) is 11.6 Å². The molecule has 1 fully saturated rings. The third-order valence-electron chi connectivity index (χ3n) is 3.42. The largest absolute Gasteiger partial charge is 0.347 e. The zero-order valence-electron chi connectivity index (χ0n) is 10.3. The van der Waals surface area contributed by atoms with Crippen LogP contribution in [0.2, 0.25) is 0 Å². The molecule has 2 N–H and O–H groups in total. The highest BCUT2D eigenvalue weighted by molar-refractivity contribution is 7.09. The summed E-state index contributed by atoms with van der Waals surface area (Å²) < 4.78 is 0. The second-order valence-corrected chi connectivity index (χ2v) is 5.80. The molecule has 4 nitrogen and oxygen atoms in total. The molecule has 1 aliphatic heterocycles. The molecule has 1 aliphatic rings. The summed E-state index contributed by atoms with van der Waals surface area (Å²) in [5.41, 5.74) is -0.225. The first-order valence-corrected chi connectivity index (χ1v) is 6.91. The van der Waals surface area contributed by atoms with Gasteiger partial charge in [0.25, 0.3) is 0 Å². The Morgan fingerprint density at radius 3 is 2.88 bits per heavy atom. The molecule has 0 bridgehead atoms. The summed E-state index contributed by atoms with van der Waals surface area (Å²) in [5, 5.41) is 9.26. The predicted octanol–water partition coefficient (Wildman–Crippen LogP) is 1.71. The zero-order chi connectivity index (χ0) is 12.3. The lowest BCUT2D eigenvalue weighted by atomic mass is 9.80. The van der Waals surface area contributed by atoms with Gasteiger partial charge in [0.1, 0.15) is 5.01 Å². The van der Waals surface area contributed by atoms with Crippen LogP contribution in [0.3, 0.4) is 0 Å². The normalized spacial score (nSPS) is 20.8. The van der Waals surface area contributed by atoms with Gasteiger partial charge < -0.3 is 10.6 Å². The van der Waals surface area contributed by atoms with Crippen LogP contribution in [0.4, 0.5) is 0 Å². The summed E-state index contributed by atoms with van der Waals surface area (Å²) >= 11 is 1.58. The van der Waals surface area contributed by atoms with E-state index in [-0.39, 0.29) is 17.4 Å². The van der Waals surface area contributed by atoms with Gasteiger partial charge >= 0.3 is 0 Å². The van der Waals surface area contributed by atoms with E-state index in [1.807, 2.05) is 12.3 Å². The maximum Gasteiger partial charge on any atom is 0.226 e. The van der Waals surface area contributed by atoms with Crippen LogP contribution in [0.5, 0.6) is 0 Å². The Balaban J connectivity index is 1.96. The molecule has 0 saturated carbocycles. The van der Waals surface area contributed by atoms with Crippen molar-refractivity contribution in [2.75, 3.05) is 13.1 Å². The maximum absolute atomic E-state index is 12.3. The summed E-state index contributed by atoms with van der Waals surface area (Å²) in [6.45, 7) is 5.89. The fourth-order valence-corrected chi connectivity index (χ4v) is 2.73. The van der Waals surface area contributed by atoms with Gasteiger partial charge in [0, 0.05) is 17.0 Å². The summed E-state index contributed by atoms with van der Waals surface area (Å²) in [6.07, 6.45) is 3.59. The number of hydrogen-bond donors (Lipinski definition) is 2. The quantitative estimate of drug-likeness (QED) is 0.862. The van der Waals surface area contributed by atoms with Gasteiger partial charge in [-0.15, -0.1) is 11.3 Å². The first-order chi connectivity index (χ1) is 8.12. The average molecular weight is 253 g/mol. The number of nitrogens with zero attached hydrogens (tertiary/aromatic N) is 1. The number of carbonyl (C=O) groups excluding carboxylic acids is 1. The lowest BCUT2D eigenvalue weighted by Gasteiger charge is -2.33. The Morgan fingerprint density at radius 1 is 1.59 bits per heavy atom. The molecule has 0 aromatic carbocycles. The second kappa shape index (κ2) is 5.14. The van der Waals surface area contributed by atoms with Crippen molar-refractivity contribution in [2.24, 2.45) is 5.41 Å². The Hall–Kier alpha value is -0.940. The molecule has 5 heteroatoms. The fraction of sp³-hybridized carbons (Fsp3) is 0.667. The molecule has 1 unspecified atom stereocenters. The highest BCUT2D eigenvalue weighted by Gasteiger charge is 2.35. The predicted molar refractivity (Wildman–Crippen MR) is 68.9 cm³/mol. The number of carbonyl (C=O) groups is 1. The van der Waals surface area contributed by atoms with Crippen LogP contribution in [0.25, 0.3) is 0 Å². The number of piperidine rings is 1. The highest BCUT2D eigenvalue weighted by atomic mass is 32.1. The molecule has 17 heavy (non-hydrogen) atoms. The summed E-state index contributed by atoms with van der Waals surface area (Å²) in [6, 6.07) is 0.00853. The van der Waals surface area contributed by atoms with Crippen molar-refractivity contribution in [2.45, 2.75) is 32.7 Å². The van der Waals surface area contributed by atoms with E-state index in [2.05, 4.69) is 22.5 Å². The van der Waals surface area contributed by atoms with Crippen LogP contribution in [-0.4, -0.2) is 24.0 Å². The molecule has 1 amide bonds. The molecular weight excluding hydrogens is 234 g/mol. The molecule has 1 saturated heterocycles. The molecule has 1 aromatic rings. The fourth-order valence-electron chi connectivity index (χ4n) is 2.09. The molecule has 1 atom stereocenters. The van der Waals surface area contributed by atoms with Gasteiger partial charge in [-0.3, -0.25) is 4.79 Å². The van der Waals surface area contributed by atoms with Crippen molar-refractivity contribution >= 4 is 17.2 Å². The van der Waals surface area contributed by atoms with E-state index >= 15 is 0 Å². The molecule has 2 heterocycles. The average Bonchev–Trinajstić information content (AvgIpc) is 2.83. The molecule has 0 radical (unpaired) electrons. The van der Waals surface area contributed by atoms with Crippen molar-refractivity contribution in [1.82, 2.24) is 15.6 Å². The van der Waals surface area contributed by atoms with Crippen LogP contribution in [-0.2, 0) is 4.79 Å². The lowest BCUT2D eigenvalue weighted by molar-refractivity contribution is -0.132. The summed E-state index contributed by atoms with van der Waals surface area (Å²) in [4.78, 5) is 16.5. The second-order valence-electron chi connectivity index (χ2n) is 4.88. The van der Waals surface area contributed by atoms with E-state index in [1.165, 1.54) is 0 Å². The zero-order valence-corrected chi connectivity index (χ0v) is 11.1. The molecule has 0 aliphatic carbocycles. The van der Waals surface area contributed by atoms with Crippen LogP contribution < -0.4 is 10.6 Å². The molecular formula is C12H19N3OS. The Labute approximate surface area is 106 Å². The highest BCUT2D eigenvalue weighted by Crippen LogP contribution is 2.29.